The van der Waals surface area contributed by atoms with E-state index in [9.17, 15) is 4.79 Å². The fourth-order valence-corrected chi connectivity index (χ4v) is 3.40. The molecule has 0 aliphatic rings. The summed E-state index contributed by atoms with van der Waals surface area (Å²) >= 11 is 3.04. The number of hydrogen-bond donors (Lipinski definition) is 2. The largest absolute Gasteiger partial charge is 0.294 e. The number of nitrogen functional groups attached to an aromatic ring is 1. The molecule has 0 spiro atoms. The Morgan fingerprint density at radius 2 is 2.26 bits per heavy atom. The first kappa shape index (κ1) is 14.0. The van der Waals surface area contributed by atoms with Crippen LogP contribution in [-0.4, -0.2) is 10.9 Å². The zero-order chi connectivity index (χ0) is 13.8. The molecule has 0 aliphatic heterocycles. The molecule has 0 unspecified atom stereocenters. The standard InChI is InChI=1S/C13H15N3OS2/c1-8-3-4-9(2)11(5-8)18-6-10-7-19-13(15-10)12(17)16-14/h3-5,7H,6,14H2,1-2H3,(H,16,17). The summed E-state index contributed by atoms with van der Waals surface area (Å²) in [5, 5.41) is 2.29. The van der Waals surface area contributed by atoms with Gasteiger partial charge in [-0.05, 0) is 25.5 Å². The van der Waals surface area contributed by atoms with Crippen LogP contribution in [0.2, 0.25) is 0 Å². The molecule has 2 rings (SSSR count). The van der Waals surface area contributed by atoms with Crippen molar-refractivity contribution in [3.63, 3.8) is 0 Å². The van der Waals surface area contributed by atoms with Crippen LogP contribution in [-0.2, 0) is 5.75 Å². The maximum absolute atomic E-state index is 11.3. The molecule has 100 valence electrons. The van der Waals surface area contributed by atoms with E-state index in [1.54, 1.807) is 11.8 Å². The number of aryl methyl sites for hydroxylation is 2. The summed E-state index contributed by atoms with van der Waals surface area (Å²) in [7, 11) is 0. The summed E-state index contributed by atoms with van der Waals surface area (Å²) in [6.07, 6.45) is 0. The maximum Gasteiger partial charge on any atom is 0.294 e. The molecule has 0 atom stereocenters. The van der Waals surface area contributed by atoms with E-state index in [4.69, 9.17) is 5.84 Å². The van der Waals surface area contributed by atoms with Gasteiger partial charge in [0, 0.05) is 16.0 Å². The number of amides is 1. The molecule has 4 nitrogen and oxygen atoms in total. The summed E-state index contributed by atoms with van der Waals surface area (Å²) in [6.45, 7) is 4.17. The van der Waals surface area contributed by atoms with Crippen molar-refractivity contribution in [3.8, 4) is 0 Å². The first-order valence-electron chi connectivity index (χ1n) is 5.75. The van der Waals surface area contributed by atoms with Crippen LogP contribution in [0.5, 0.6) is 0 Å². The number of thioether (sulfide) groups is 1. The van der Waals surface area contributed by atoms with Crippen LogP contribution in [0.3, 0.4) is 0 Å². The van der Waals surface area contributed by atoms with Crippen LogP contribution >= 0.6 is 23.1 Å². The van der Waals surface area contributed by atoms with Crippen molar-refractivity contribution in [1.29, 1.82) is 0 Å². The third-order valence-electron chi connectivity index (χ3n) is 2.60. The second-order valence-corrected chi connectivity index (χ2v) is 6.05. The summed E-state index contributed by atoms with van der Waals surface area (Å²) in [5.74, 6) is 5.49. The van der Waals surface area contributed by atoms with Gasteiger partial charge in [0.25, 0.3) is 5.91 Å². The van der Waals surface area contributed by atoms with Gasteiger partial charge in [0.1, 0.15) is 0 Å². The number of nitrogens with one attached hydrogen (secondary N) is 1. The van der Waals surface area contributed by atoms with E-state index in [1.807, 2.05) is 5.38 Å². The monoisotopic (exact) mass is 293 g/mol. The highest BCUT2D eigenvalue weighted by Gasteiger charge is 2.10. The van der Waals surface area contributed by atoms with Crippen molar-refractivity contribution < 1.29 is 4.79 Å². The first-order chi connectivity index (χ1) is 9.10. The van der Waals surface area contributed by atoms with E-state index in [0.717, 1.165) is 11.4 Å². The van der Waals surface area contributed by atoms with Crippen molar-refractivity contribution in [2.75, 3.05) is 0 Å². The van der Waals surface area contributed by atoms with Crippen molar-refractivity contribution in [2.24, 2.45) is 5.84 Å². The average molecular weight is 293 g/mol. The molecule has 6 heteroatoms. The summed E-state index contributed by atoms with van der Waals surface area (Å²) in [5.41, 5.74) is 5.49. The molecule has 0 fully saturated rings. The molecule has 0 saturated carbocycles. The minimum atomic E-state index is -0.340. The van der Waals surface area contributed by atoms with E-state index < -0.39 is 0 Å². The number of thiazole rings is 1. The van der Waals surface area contributed by atoms with Gasteiger partial charge >= 0.3 is 0 Å². The van der Waals surface area contributed by atoms with Crippen molar-refractivity contribution >= 4 is 29.0 Å². The summed E-state index contributed by atoms with van der Waals surface area (Å²) < 4.78 is 0. The average Bonchev–Trinajstić information content (AvgIpc) is 2.88. The molecule has 3 N–H and O–H groups in total. The van der Waals surface area contributed by atoms with Crippen molar-refractivity contribution in [1.82, 2.24) is 10.4 Å². The summed E-state index contributed by atoms with van der Waals surface area (Å²) in [4.78, 5) is 16.8. The van der Waals surface area contributed by atoms with Crippen LogP contribution in [0.4, 0.5) is 0 Å². The lowest BCUT2D eigenvalue weighted by Crippen LogP contribution is -2.29. The van der Waals surface area contributed by atoms with Gasteiger partial charge in [-0.25, -0.2) is 10.8 Å². The van der Waals surface area contributed by atoms with Crippen LogP contribution in [0.25, 0.3) is 0 Å². The van der Waals surface area contributed by atoms with Gasteiger partial charge in [-0.2, -0.15) is 0 Å². The number of benzene rings is 1. The number of hydrazine groups is 1. The van der Waals surface area contributed by atoms with Crippen LogP contribution < -0.4 is 11.3 Å². The quantitative estimate of drug-likeness (QED) is 0.393. The molecule has 1 aromatic heterocycles. The van der Waals surface area contributed by atoms with Gasteiger partial charge in [-0.3, -0.25) is 10.2 Å². The molecule has 1 heterocycles. The molecule has 0 saturated heterocycles. The van der Waals surface area contributed by atoms with Crippen LogP contribution in [0.1, 0.15) is 26.6 Å². The van der Waals surface area contributed by atoms with E-state index >= 15 is 0 Å². The van der Waals surface area contributed by atoms with Crippen LogP contribution in [0, 0.1) is 13.8 Å². The van der Waals surface area contributed by atoms with E-state index in [2.05, 4.69) is 42.5 Å². The highest BCUT2D eigenvalue weighted by Crippen LogP contribution is 2.27. The predicted octanol–water partition coefficient (Wildman–Crippen LogP) is 2.66. The Bertz CT molecular complexity index is 595. The van der Waals surface area contributed by atoms with Gasteiger partial charge in [0.2, 0.25) is 0 Å². The van der Waals surface area contributed by atoms with Crippen LogP contribution in [0.15, 0.2) is 28.5 Å². The molecule has 0 bridgehead atoms. The van der Waals surface area contributed by atoms with E-state index in [-0.39, 0.29) is 5.91 Å². The Kier molecular flexibility index (Phi) is 4.57. The Hall–Kier alpha value is -1.37. The lowest BCUT2D eigenvalue weighted by molar-refractivity contribution is 0.0953. The number of carbonyl (C=O) groups excluding carboxylic acids is 1. The lowest BCUT2D eigenvalue weighted by Gasteiger charge is -2.05. The fourth-order valence-electron chi connectivity index (χ4n) is 1.55. The first-order valence-corrected chi connectivity index (χ1v) is 7.62. The van der Waals surface area contributed by atoms with Gasteiger partial charge in [0.15, 0.2) is 5.01 Å². The Morgan fingerprint density at radius 3 is 3.00 bits per heavy atom. The third-order valence-corrected chi connectivity index (χ3v) is 4.68. The zero-order valence-corrected chi connectivity index (χ0v) is 12.4. The minimum Gasteiger partial charge on any atom is -0.288 e. The molecule has 0 aliphatic carbocycles. The lowest BCUT2D eigenvalue weighted by atomic mass is 10.2. The molecular formula is C13H15N3OS2. The number of nitrogens with zero attached hydrogens (tertiary/aromatic N) is 1. The van der Waals surface area contributed by atoms with Gasteiger partial charge < -0.3 is 0 Å². The molecular weight excluding hydrogens is 278 g/mol. The normalized spacial score (nSPS) is 10.5. The van der Waals surface area contributed by atoms with Gasteiger partial charge in [-0.15, -0.1) is 23.1 Å². The molecule has 1 aromatic carbocycles. The Balaban J connectivity index is 2.04. The molecule has 2 aromatic rings. The smallest absolute Gasteiger partial charge is 0.288 e. The maximum atomic E-state index is 11.3. The Labute approximate surface area is 120 Å². The molecule has 19 heavy (non-hydrogen) atoms. The number of hydrogen-bond acceptors (Lipinski definition) is 5. The van der Waals surface area contributed by atoms with E-state index in [1.165, 1.54) is 27.4 Å². The Morgan fingerprint density at radius 1 is 1.47 bits per heavy atom. The van der Waals surface area contributed by atoms with Crippen molar-refractivity contribution in [2.45, 2.75) is 24.5 Å². The zero-order valence-electron chi connectivity index (χ0n) is 10.8. The second kappa shape index (κ2) is 6.18. The SMILES string of the molecule is Cc1ccc(C)c(SCc2csc(C(=O)NN)n2)c1. The van der Waals surface area contributed by atoms with E-state index in [0.29, 0.717) is 5.01 Å². The highest BCUT2D eigenvalue weighted by molar-refractivity contribution is 7.98. The predicted molar refractivity (Wildman–Crippen MR) is 79.2 cm³/mol. The van der Waals surface area contributed by atoms with Crippen molar-refractivity contribution in [3.05, 3.63) is 45.4 Å². The van der Waals surface area contributed by atoms with Gasteiger partial charge in [0.05, 0.1) is 5.69 Å². The fraction of sp³-hybridized carbons (Fsp3) is 0.231. The third kappa shape index (κ3) is 3.56. The number of rotatable bonds is 4. The second-order valence-electron chi connectivity index (χ2n) is 4.18. The molecule has 1 amide bonds. The molecule has 0 radical (unpaired) electrons. The summed E-state index contributed by atoms with van der Waals surface area (Å²) in [6, 6.07) is 6.39. The minimum absolute atomic E-state index is 0.340. The number of nitrogens with two attached hydrogens (primary N) is 1. The highest BCUT2D eigenvalue weighted by atomic mass is 32.2. The number of carbonyl (C=O) groups is 1. The number of aromatic nitrogens is 1. The van der Waals surface area contributed by atoms with Gasteiger partial charge in [-0.1, -0.05) is 17.7 Å². The topological polar surface area (TPSA) is 68.0 Å².